The standard InChI is InChI=1S/C16H16N2O/c1-12(11-18-13(2)10-17)14-5-7-15(8-6-14)16-4-3-9-19-16/h5-8,11,16H,1-4,9H2. The van der Waals surface area contributed by atoms with Gasteiger partial charge in [-0.15, -0.1) is 0 Å². The predicted octanol–water partition coefficient (Wildman–Crippen LogP) is 3.66. The van der Waals surface area contributed by atoms with Crippen molar-refractivity contribution in [1.82, 2.24) is 0 Å². The van der Waals surface area contributed by atoms with E-state index in [9.17, 15) is 0 Å². The summed E-state index contributed by atoms with van der Waals surface area (Å²) in [6, 6.07) is 9.99. The van der Waals surface area contributed by atoms with Gasteiger partial charge in [0.25, 0.3) is 0 Å². The van der Waals surface area contributed by atoms with Gasteiger partial charge in [0.2, 0.25) is 0 Å². The topological polar surface area (TPSA) is 45.4 Å². The van der Waals surface area contributed by atoms with Gasteiger partial charge in [0, 0.05) is 12.8 Å². The largest absolute Gasteiger partial charge is 0.374 e. The van der Waals surface area contributed by atoms with E-state index >= 15 is 0 Å². The van der Waals surface area contributed by atoms with Gasteiger partial charge in [-0.2, -0.15) is 5.26 Å². The maximum atomic E-state index is 8.57. The van der Waals surface area contributed by atoms with Crippen LogP contribution in [0, 0.1) is 11.3 Å². The van der Waals surface area contributed by atoms with Crippen LogP contribution in [-0.2, 0) is 4.74 Å². The fourth-order valence-corrected chi connectivity index (χ4v) is 2.01. The Labute approximate surface area is 113 Å². The number of benzene rings is 1. The Kier molecular flexibility index (Phi) is 4.27. The van der Waals surface area contributed by atoms with Crippen LogP contribution in [0.15, 0.2) is 48.1 Å². The molecule has 0 spiro atoms. The fourth-order valence-electron chi connectivity index (χ4n) is 2.01. The Balaban J connectivity index is 2.05. The Morgan fingerprint density at radius 2 is 2.11 bits per heavy atom. The van der Waals surface area contributed by atoms with Gasteiger partial charge >= 0.3 is 0 Å². The average molecular weight is 252 g/mol. The van der Waals surface area contributed by atoms with Gasteiger partial charge in [-0.25, -0.2) is 4.99 Å². The molecule has 96 valence electrons. The summed E-state index contributed by atoms with van der Waals surface area (Å²) in [6.45, 7) is 8.27. The Hall–Kier alpha value is -2.18. The van der Waals surface area contributed by atoms with Gasteiger partial charge in [0.1, 0.15) is 11.8 Å². The van der Waals surface area contributed by atoms with Gasteiger partial charge in [-0.05, 0) is 29.5 Å². The number of rotatable bonds is 4. The van der Waals surface area contributed by atoms with Crippen LogP contribution in [0.4, 0.5) is 0 Å². The van der Waals surface area contributed by atoms with Crippen LogP contribution >= 0.6 is 0 Å². The molecule has 0 aliphatic carbocycles. The third-order valence-electron chi connectivity index (χ3n) is 3.09. The van der Waals surface area contributed by atoms with Crippen LogP contribution in [0.1, 0.15) is 30.1 Å². The van der Waals surface area contributed by atoms with Crippen molar-refractivity contribution < 1.29 is 4.74 Å². The number of nitrogens with zero attached hydrogens (tertiary/aromatic N) is 2. The average Bonchev–Trinajstić information content (AvgIpc) is 2.98. The van der Waals surface area contributed by atoms with Gasteiger partial charge in [0.05, 0.1) is 6.10 Å². The molecule has 19 heavy (non-hydrogen) atoms. The monoisotopic (exact) mass is 252 g/mol. The first-order chi connectivity index (χ1) is 9.20. The highest BCUT2D eigenvalue weighted by molar-refractivity contribution is 6.09. The van der Waals surface area contributed by atoms with E-state index in [0.717, 1.165) is 30.6 Å². The Bertz CT molecular complexity index is 543. The quantitative estimate of drug-likeness (QED) is 0.606. The Morgan fingerprint density at radius 1 is 1.37 bits per heavy atom. The molecule has 0 radical (unpaired) electrons. The molecular formula is C16H16N2O. The lowest BCUT2D eigenvalue weighted by Crippen LogP contribution is -1.95. The first-order valence-corrected chi connectivity index (χ1v) is 6.24. The summed E-state index contributed by atoms with van der Waals surface area (Å²) in [4.78, 5) is 3.91. The molecule has 1 aromatic carbocycles. The third-order valence-corrected chi connectivity index (χ3v) is 3.09. The number of hydrogen-bond acceptors (Lipinski definition) is 3. The predicted molar refractivity (Wildman–Crippen MR) is 76.6 cm³/mol. The van der Waals surface area contributed by atoms with Crippen molar-refractivity contribution in [2.45, 2.75) is 18.9 Å². The number of nitriles is 1. The van der Waals surface area contributed by atoms with E-state index in [1.807, 2.05) is 18.2 Å². The maximum absolute atomic E-state index is 8.57. The van der Waals surface area contributed by atoms with Crippen LogP contribution in [0.3, 0.4) is 0 Å². The van der Waals surface area contributed by atoms with Gasteiger partial charge in [-0.3, -0.25) is 0 Å². The number of aliphatic imine (C=N–C) groups is 1. The zero-order chi connectivity index (χ0) is 13.7. The van der Waals surface area contributed by atoms with Crippen LogP contribution in [0.25, 0.3) is 5.57 Å². The van der Waals surface area contributed by atoms with Gasteiger partial charge in [0.15, 0.2) is 0 Å². The van der Waals surface area contributed by atoms with Gasteiger partial charge in [-0.1, -0.05) is 37.4 Å². The second kappa shape index (κ2) is 6.12. The normalized spacial score (nSPS) is 18.4. The highest BCUT2D eigenvalue weighted by Crippen LogP contribution is 2.28. The lowest BCUT2D eigenvalue weighted by molar-refractivity contribution is 0.112. The lowest BCUT2D eigenvalue weighted by Gasteiger charge is -2.10. The second-order valence-electron chi connectivity index (χ2n) is 4.47. The van der Waals surface area contributed by atoms with Crippen molar-refractivity contribution in [3.05, 3.63) is 54.2 Å². The minimum Gasteiger partial charge on any atom is -0.374 e. The molecule has 1 atom stereocenters. The summed E-state index contributed by atoms with van der Waals surface area (Å²) in [5.74, 6) is 0. The number of hydrogen-bond donors (Lipinski definition) is 0. The summed E-state index contributed by atoms with van der Waals surface area (Å²) in [7, 11) is 0. The highest BCUT2D eigenvalue weighted by Gasteiger charge is 2.17. The van der Waals surface area contributed by atoms with Gasteiger partial charge < -0.3 is 4.74 Å². The molecule has 1 saturated heterocycles. The summed E-state index contributed by atoms with van der Waals surface area (Å²) < 4.78 is 5.64. The van der Waals surface area contributed by atoms with Crippen LogP contribution in [-0.4, -0.2) is 12.8 Å². The zero-order valence-corrected chi connectivity index (χ0v) is 10.8. The van der Waals surface area contributed by atoms with Crippen molar-refractivity contribution in [2.24, 2.45) is 4.99 Å². The first-order valence-electron chi connectivity index (χ1n) is 6.24. The molecule has 1 aromatic rings. The van der Waals surface area contributed by atoms with E-state index in [0.29, 0.717) is 0 Å². The molecule has 1 fully saturated rings. The highest BCUT2D eigenvalue weighted by atomic mass is 16.5. The number of ether oxygens (including phenoxy) is 1. The second-order valence-corrected chi connectivity index (χ2v) is 4.47. The molecule has 0 N–H and O–H groups in total. The molecule has 1 heterocycles. The summed E-state index contributed by atoms with van der Waals surface area (Å²) in [5.41, 5.74) is 3.12. The van der Waals surface area contributed by atoms with E-state index in [2.05, 4.69) is 30.3 Å². The van der Waals surface area contributed by atoms with E-state index in [1.54, 1.807) is 6.21 Å². The third kappa shape index (κ3) is 3.40. The Morgan fingerprint density at radius 3 is 2.68 bits per heavy atom. The van der Waals surface area contributed by atoms with Crippen molar-refractivity contribution in [2.75, 3.05) is 6.61 Å². The molecule has 3 nitrogen and oxygen atoms in total. The zero-order valence-electron chi connectivity index (χ0n) is 10.8. The number of allylic oxidation sites excluding steroid dienone is 2. The smallest absolute Gasteiger partial charge is 0.133 e. The van der Waals surface area contributed by atoms with Crippen molar-refractivity contribution in [3.8, 4) is 6.07 Å². The molecule has 0 saturated carbocycles. The van der Waals surface area contributed by atoms with Crippen molar-refractivity contribution in [3.63, 3.8) is 0 Å². The lowest BCUT2D eigenvalue weighted by atomic mass is 10.0. The molecule has 0 bridgehead atoms. The first kappa shape index (κ1) is 13.3. The van der Waals surface area contributed by atoms with Crippen LogP contribution in [0.2, 0.25) is 0 Å². The van der Waals surface area contributed by atoms with E-state index < -0.39 is 0 Å². The van der Waals surface area contributed by atoms with Crippen molar-refractivity contribution in [1.29, 1.82) is 5.26 Å². The fraction of sp³-hybridized carbons (Fsp3) is 0.250. The molecule has 3 heteroatoms. The molecule has 0 amide bonds. The van der Waals surface area contributed by atoms with Crippen LogP contribution in [0.5, 0.6) is 0 Å². The molecular weight excluding hydrogens is 236 g/mol. The molecule has 1 aliphatic heterocycles. The molecule has 2 rings (SSSR count). The van der Waals surface area contributed by atoms with E-state index in [1.165, 1.54) is 5.56 Å². The van der Waals surface area contributed by atoms with E-state index in [4.69, 9.17) is 10.00 Å². The minimum atomic E-state index is 0.178. The summed E-state index contributed by atoms with van der Waals surface area (Å²) >= 11 is 0. The van der Waals surface area contributed by atoms with Crippen molar-refractivity contribution >= 4 is 11.8 Å². The molecule has 1 unspecified atom stereocenters. The minimum absolute atomic E-state index is 0.178. The summed E-state index contributed by atoms with van der Waals surface area (Å²) in [5, 5.41) is 8.57. The maximum Gasteiger partial charge on any atom is 0.133 e. The molecule has 0 aromatic heterocycles. The van der Waals surface area contributed by atoms with E-state index in [-0.39, 0.29) is 11.8 Å². The van der Waals surface area contributed by atoms with Crippen LogP contribution < -0.4 is 0 Å². The summed E-state index contributed by atoms with van der Waals surface area (Å²) in [6.07, 6.45) is 4.01. The SMILES string of the molecule is C=C(C#N)N=CC(=C)c1ccc(C2CCCO2)cc1. The molecule has 1 aliphatic rings.